The number of hydrazine groups is 1. The van der Waals surface area contributed by atoms with E-state index in [0.29, 0.717) is 34.4 Å². The fraction of sp³-hybridized carbons (Fsp3) is 0.200. The van der Waals surface area contributed by atoms with E-state index in [2.05, 4.69) is 10.9 Å². The fourth-order valence-corrected chi connectivity index (χ4v) is 3.11. The Morgan fingerprint density at radius 3 is 2.64 bits per heavy atom. The van der Waals surface area contributed by atoms with Crippen LogP contribution in [0.15, 0.2) is 46.9 Å². The topological polar surface area (TPSA) is 80.6 Å². The molecule has 146 valence electrons. The van der Waals surface area contributed by atoms with Gasteiger partial charge >= 0.3 is 5.91 Å². The number of furan rings is 1. The Morgan fingerprint density at radius 2 is 1.89 bits per heavy atom. The molecule has 3 aromatic rings. The number of carbonyl (C=O) groups excluding carboxylic acids is 2. The number of carbonyl (C=O) groups is 2. The van der Waals surface area contributed by atoms with E-state index in [4.69, 9.17) is 32.4 Å². The molecule has 0 aliphatic heterocycles. The Bertz CT molecular complexity index is 1020. The standard InChI is InChI=1S/C20H18Cl2N2O4/c1-12-14-5-2-3-6-16(14)28-19(12)20(26)24-23-18(25)7-4-10-27-17-9-8-13(21)11-15(17)22/h2-3,5-6,8-9,11H,4,7,10H2,1H3,(H,23,25)(H,24,26). The van der Waals surface area contributed by atoms with Gasteiger partial charge < -0.3 is 9.15 Å². The number of ether oxygens (including phenoxy) is 1. The Hall–Kier alpha value is -2.70. The summed E-state index contributed by atoms with van der Waals surface area (Å²) in [6.45, 7) is 2.09. The molecule has 2 N–H and O–H groups in total. The second-order valence-electron chi connectivity index (χ2n) is 6.08. The molecule has 0 saturated heterocycles. The molecule has 0 fully saturated rings. The van der Waals surface area contributed by atoms with Crippen molar-refractivity contribution >= 4 is 46.0 Å². The number of hydrogen-bond acceptors (Lipinski definition) is 4. The van der Waals surface area contributed by atoms with Gasteiger partial charge in [-0.2, -0.15) is 0 Å². The van der Waals surface area contributed by atoms with Crippen molar-refractivity contribution in [3.05, 3.63) is 63.8 Å². The van der Waals surface area contributed by atoms with Gasteiger partial charge in [0.1, 0.15) is 11.3 Å². The number of fused-ring (bicyclic) bond motifs is 1. The molecule has 0 bridgehead atoms. The molecule has 1 aromatic heterocycles. The summed E-state index contributed by atoms with van der Waals surface area (Å²) < 4.78 is 11.1. The molecule has 2 aromatic carbocycles. The SMILES string of the molecule is Cc1c(C(=O)NNC(=O)CCCOc2ccc(Cl)cc2Cl)oc2ccccc12. The second kappa shape index (κ2) is 8.99. The van der Waals surface area contributed by atoms with E-state index >= 15 is 0 Å². The van der Waals surface area contributed by atoms with Crippen LogP contribution < -0.4 is 15.6 Å². The maximum absolute atomic E-state index is 12.2. The number of para-hydroxylation sites is 1. The zero-order chi connectivity index (χ0) is 20.1. The van der Waals surface area contributed by atoms with Gasteiger partial charge in [-0.15, -0.1) is 0 Å². The molecule has 3 rings (SSSR count). The predicted molar refractivity (Wildman–Crippen MR) is 108 cm³/mol. The first-order chi connectivity index (χ1) is 13.5. The van der Waals surface area contributed by atoms with E-state index in [9.17, 15) is 9.59 Å². The molecular weight excluding hydrogens is 403 g/mol. The van der Waals surface area contributed by atoms with Crippen LogP contribution in [-0.4, -0.2) is 18.4 Å². The van der Waals surface area contributed by atoms with Crippen molar-refractivity contribution in [2.75, 3.05) is 6.61 Å². The van der Waals surface area contributed by atoms with Crippen LogP contribution in [0.4, 0.5) is 0 Å². The van der Waals surface area contributed by atoms with Crippen LogP contribution >= 0.6 is 23.2 Å². The average molecular weight is 421 g/mol. The summed E-state index contributed by atoms with van der Waals surface area (Å²) >= 11 is 11.8. The van der Waals surface area contributed by atoms with Gasteiger partial charge in [0.25, 0.3) is 0 Å². The molecular formula is C20H18Cl2N2O4. The molecule has 0 unspecified atom stereocenters. The minimum absolute atomic E-state index is 0.169. The lowest BCUT2D eigenvalue weighted by Crippen LogP contribution is -2.41. The van der Waals surface area contributed by atoms with Crippen LogP contribution in [0.2, 0.25) is 10.0 Å². The van der Waals surface area contributed by atoms with Crippen molar-refractivity contribution in [1.29, 1.82) is 0 Å². The quantitative estimate of drug-likeness (QED) is 0.448. The van der Waals surface area contributed by atoms with Gasteiger partial charge in [-0.1, -0.05) is 41.4 Å². The van der Waals surface area contributed by atoms with Crippen LogP contribution in [0.5, 0.6) is 5.75 Å². The van der Waals surface area contributed by atoms with Crippen molar-refractivity contribution in [2.24, 2.45) is 0 Å². The zero-order valence-electron chi connectivity index (χ0n) is 15.1. The Kier molecular flexibility index (Phi) is 6.44. The smallest absolute Gasteiger partial charge is 0.305 e. The van der Waals surface area contributed by atoms with Crippen LogP contribution in [-0.2, 0) is 4.79 Å². The van der Waals surface area contributed by atoms with E-state index in [1.807, 2.05) is 18.2 Å². The predicted octanol–water partition coefficient (Wildman–Crippen LogP) is 4.67. The molecule has 6 nitrogen and oxygen atoms in total. The van der Waals surface area contributed by atoms with Gasteiger partial charge in [-0.3, -0.25) is 20.4 Å². The van der Waals surface area contributed by atoms with Crippen molar-refractivity contribution in [3.63, 3.8) is 0 Å². The van der Waals surface area contributed by atoms with Crippen molar-refractivity contribution in [1.82, 2.24) is 10.9 Å². The molecule has 8 heteroatoms. The highest BCUT2D eigenvalue weighted by Gasteiger charge is 2.17. The highest BCUT2D eigenvalue weighted by Crippen LogP contribution is 2.27. The summed E-state index contributed by atoms with van der Waals surface area (Å²) in [5.41, 5.74) is 6.08. The Balaban J connectivity index is 1.43. The number of hydrogen-bond donors (Lipinski definition) is 2. The highest BCUT2D eigenvalue weighted by molar-refractivity contribution is 6.35. The van der Waals surface area contributed by atoms with Crippen molar-refractivity contribution in [2.45, 2.75) is 19.8 Å². The van der Waals surface area contributed by atoms with E-state index < -0.39 is 5.91 Å². The number of nitrogens with one attached hydrogen (secondary N) is 2. The maximum atomic E-state index is 12.2. The Morgan fingerprint density at radius 1 is 1.11 bits per heavy atom. The summed E-state index contributed by atoms with van der Waals surface area (Å²) in [5.74, 6) is -0.179. The molecule has 0 radical (unpaired) electrons. The van der Waals surface area contributed by atoms with Crippen LogP contribution in [0.1, 0.15) is 29.0 Å². The summed E-state index contributed by atoms with van der Waals surface area (Å²) in [7, 11) is 0. The minimum atomic E-state index is -0.508. The zero-order valence-corrected chi connectivity index (χ0v) is 16.6. The van der Waals surface area contributed by atoms with E-state index in [1.165, 1.54) is 0 Å². The van der Waals surface area contributed by atoms with Gasteiger partial charge in [0.15, 0.2) is 5.76 Å². The third-order valence-corrected chi connectivity index (χ3v) is 4.60. The summed E-state index contributed by atoms with van der Waals surface area (Å²) in [5, 5.41) is 1.79. The van der Waals surface area contributed by atoms with Crippen LogP contribution in [0.25, 0.3) is 11.0 Å². The van der Waals surface area contributed by atoms with Crippen LogP contribution in [0.3, 0.4) is 0 Å². The molecule has 0 aliphatic rings. The molecule has 0 atom stereocenters. The minimum Gasteiger partial charge on any atom is -0.492 e. The number of amides is 2. The Labute approximate surface area is 171 Å². The number of halogens is 2. The molecule has 0 aliphatic carbocycles. The first-order valence-corrected chi connectivity index (χ1v) is 9.36. The van der Waals surface area contributed by atoms with Gasteiger partial charge in [0.2, 0.25) is 5.91 Å². The summed E-state index contributed by atoms with van der Waals surface area (Å²) in [6, 6.07) is 12.3. The monoisotopic (exact) mass is 420 g/mol. The van der Waals surface area contributed by atoms with E-state index in [0.717, 1.165) is 10.9 Å². The third kappa shape index (κ3) is 4.77. The average Bonchev–Trinajstić information content (AvgIpc) is 3.02. The second-order valence-corrected chi connectivity index (χ2v) is 6.93. The van der Waals surface area contributed by atoms with E-state index in [1.54, 1.807) is 31.2 Å². The summed E-state index contributed by atoms with van der Waals surface area (Å²) in [6.07, 6.45) is 0.620. The van der Waals surface area contributed by atoms with Gasteiger partial charge in [-0.25, -0.2) is 0 Å². The van der Waals surface area contributed by atoms with Crippen LogP contribution in [0, 0.1) is 6.92 Å². The first kappa shape index (κ1) is 20.0. The summed E-state index contributed by atoms with van der Waals surface area (Å²) in [4.78, 5) is 24.2. The number of aryl methyl sites for hydroxylation is 1. The van der Waals surface area contributed by atoms with Crippen molar-refractivity contribution < 1.29 is 18.7 Å². The molecule has 0 spiro atoms. The maximum Gasteiger partial charge on any atom is 0.305 e. The first-order valence-electron chi connectivity index (χ1n) is 8.61. The van der Waals surface area contributed by atoms with Gasteiger partial charge in [0, 0.05) is 22.4 Å². The lowest BCUT2D eigenvalue weighted by molar-refractivity contribution is -0.122. The van der Waals surface area contributed by atoms with E-state index in [-0.39, 0.29) is 18.1 Å². The number of rotatable bonds is 6. The normalized spacial score (nSPS) is 10.7. The molecule has 1 heterocycles. The highest BCUT2D eigenvalue weighted by atomic mass is 35.5. The lowest BCUT2D eigenvalue weighted by Gasteiger charge is -2.09. The lowest BCUT2D eigenvalue weighted by atomic mass is 10.1. The van der Waals surface area contributed by atoms with Gasteiger partial charge in [0.05, 0.1) is 11.6 Å². The third-order valence-electron chi connectivity index (χ3n) is 4.07. The molecule has 0 saturated carbocycles. The van der Waals surface area contributed by atoms with Gasteiger partial charge in [-0.05, 0) is 37.6 Å². The fourth-order valence-electron chi connectivity index (χ4n) is 2.64. The number of benzene rings is 2. The molecule has 28 heavy (non-hydrogen) atoms. The largest absolute Gasteiger partial charge is 0.492 e. The molecule has 2 amide bonds. The van der Waals surface area contributed by atoms with Crippen molar-refractivity contribution in [3.8, 4) is 5.75 Å².